The van der Waals surface area contributed by atoms with Crippen LogP contribution in [0, 0.1) is 11.8 Å². The van der Waals surface area contributed by atoms with Crippen LogP contribution in [0.1, 0.15) is 29.3 Å². The Morgan fingerprint density at radius 3 is 2.64 bits per heavy atom. The van der Waals surface area contributed by atoms with Gasteiger partial charge in [0.2, 0.25) is 0 Å². The fourth-order valence-corrected chi connectivity index (χ4v) is 3.71. The Hall–Kier alpha value is -2.30. The lowest BCUT2D eigenvalue weighted by Crippen LogP contribution is -2.50. The van der Waals surface area contributed by atoms with E-state index in [1.54, 1.807) is 23.5 Å². The molecule has 0 bridgehead atoms. The first kappa shape index (κ1) is 25.3. The van der Waals surface area contributed by atoms with Crippen molar-refractivity contribution in [3.8, 4) is 5.75 Å². The predicted octanol–water partition coefficient (Wildman–Crippen LogP) is 3.39. The minimum Gasteiger partial charge on any atom is -0.493 e. The highest BCUT2D eigenvalue weighted by molar-refractivity contribution is 7.95. The first-order valence-corrected chi connectivity index (χ1v) is 11.5. The third-order valence-corrected chi connectivity index (χ3v) is 6.28. The number of aliphatic hydroxyl groups is 1. The lowest BCUT2D eigenvalue weighted by atomic mass is 9.93. The van der Waals surface area contributed by atoms with Crippen molar-refractivity contribution in [1.29, 1.82) is 0 Å². The summed E-state index contributed by atoms with van der Waals surface area (Å²) in [5.74, 6) is 1.21. The predicted molar refractivity (Wildman–Crippen MR) is 128 cm³/mol. The first-order chi connectivity index (χ1) is 15.8. The summed E-state index contributed by atoms with van der Waals surface area (Å²) in [5.41, 5.74) is 7.18. The van der Waals surface area contributed by atoms with E-state index in [2.05, 4.69) is 11.8 Å². The van der Waals surface area contributed by atoms with E-state index in [1.807, 2.05) is 36.4 Å². The molecule has 0 radical (unpaired) electrons. The molecular formula is C24H32N2O6S. The van der Waals surface area contributed by atoms with Crippen molar-refractivity contribution in [2.24, 2.45) is 17.6 Å². The third kappa shape index (κ3) is 7.62. The fourth-order valence-electron chi connectivity index (χ4n) is 3.37. The van der Waals surface area contributed by atoms with Crippen LogP contribution in [0.15, 0.2) is 48.5 Å². The van der Waals surface area contributed by atoms with Crippen LogP contribution >= 0.6 is 12.2 Å². The highest BCUT2D eigenvalue weighted by atomic mass is 32.2. The Bertz CT molecular complexity index is 915. The van der Waals surface area contributed by atoms with E-state index in [4.69, 9.17) is 19.5 Å². The van der Waals surface area contributed by atoms with Gasteiger partial charge in [0, 0.05) is 13.1 Å². The molecule has 1 aliphatic rings. The molecule has 3 unspecified atom stereocenters. The zero-order chi connectivity index (χ0) is 23.8. The van der Waals surface area contributed by atoms with E-state index >= 15 is 0 Å². The number of anilines is 1. The van der Waals surface area contributed by atoms with Gasteiger partial charge in [0.15, 0.2) is 12.2 Å². The van der Waals surface area contributed by atoms with Crippen molar-refractivity contribution in [2.75, 3.05) is 38.3 Å². The quantitative estimate of drug-likeness (QED) is 0.148. The van der Waals surface area contributed by atoms with Crippen LogP contribution in [-0.4, -0.2) is 50.6 Å². The summed E-state index contributed by atoms with van der Waals surface area (Å²) in [5, 5.41) is 9.85. The van der Waals surface area contributed by atoms with Gasteiger partial charge in [0.1, 0.15) is 12.4 Å². The number of carbonyl (C=O) groups excluding carboxylic acids is 1. The molecule has 3 N–H and O–H groups in total. The molecule has 3 rings (SSSR count). The van der Waals surface area contributed by atoms with Gasteiger partial charge in [-0.1, -0.05) is 37.3 Å². The number of benzene rings is 2. The zero-order valence-electron chi connectivity index (χ0n) is 19.2. The summed E-state index contributed by atoms with van der Waals surface area (Å²) in [6.07, 6.45) is 1.52. The van der Waals surface area contributed by atoms with E-state index in [0.717, 1.165) is 24.2 Å². The smallest absolute Gasteiger partial charge is 0.338 e. The summed E-state index contributed by atoms with van der Waals surface area (Å²) in [6.45, 7) is 2.33. The molecule has 0 amide bonds. The molecule has 0 saturated heterocycles. The van der Waals surface area contributed by atoms with Gasteiger partial charge < -0.3 is 20.3 Å². The molecule has 1 fully saturated rings. The molecule has 1 saturated carbocycles. The molecule has 0 aliphatic heterocycles. The maximum Gasteiger partial charge on any atom is 0.338 e. The summed E-state index contributed by atoms with van der Waals surface area (Å²) < 4.78 is 18.1. The van der Waals surface area contributed by atoms with E-state index in [-0.39, 0.29) is 13.2 Å². The van der Waals surface area contributed by atoms with Crippen molar-refractivity contribution in [3.63, 3.8) is 0 Å². The van der Waals surface area contributed by atoms with Gasteiger partial charge in [-0.05, 0) is 42.4 Å². The number of nitrogens with zero attached hydrogens (tertiary/aromatic N) is 1. The average molecular weight is 477 g/mol. The number of hydrogen-bond acceptors (Lipinski definition) is 9. The van der Waals surface area contributed by atoms with E-state index < -0.39 is 11.5 Å². The maximum atomic E-state index is 12.9. The Balaban J connectivity index is 1.70. The van der Waals surface area contributed by atoms with Gasteiger partial charge in [-0.3, -0.25) is 4.31 Å². The minimum absolute atomic E-state index is 0.130. The standard InChI is InChI=1S/C24H32N2O6S/c1-17-9-20(17)14-30-22-11-19(10-21(12-22)26(2)33-32-29-3)23(28)31-16-24(25,15-27)13-18-7-5-4-6-8-18/h4-8,10-12,17,20,27H,9,13-16,25H2,1-3H3. The van der Waals surface area contributed by atoms with Crippen molar-refractivity contribution >= 4 is 23.9 Å². The minimum atomic E-state index is -1.09. The van der Waals surface area contributed by atoms with Crippen LogP contribution in [0.2, 0.25) is 0 Å². The molecule has 2 aromatic rings. The van der Waals surface area contributed by atoms with Crippen LogP contribution in [-0.2, 0) is 20.4 Å². The molecule has 1 aliphatic carbocycles. The zero-order valence-corrected chi connectivity index (χ0v) is 20.0. The van der Waals surface area contributed by atoms with Crippen LogP contribution < -0.4 is 14.8 Å². The van der Waals surface area contributed by atoms with Gasteiger partial charge in [-0.25, -0.2) is 9.68 Å². The van der Waals surface area contributed by atoms with E-state index in [1.165, 1.54) is 7.11 Å². The number of esters is 1. The lowest BCUT2D eigenvalue weighted by Gasteiger charge is -2.27. The summed E-state index contributed by atoms with van der Waals surface area (Å²) in [4.78, 5) is 17.5. The number of hydrogen-bond donors (Lipinski definition) is 2. The topological polar surface area (TPSA) is 103 Å². The molecule has 3 atom stereocenters. The maximum absolute atomic E-state index is 12.9. The van der Waals surface area contributed by atoms with Crippen LogP contribution in [0.25, 0.3) is 0 Å². The SMILES string of the molecule is COOSN(C)c1cc(OCC2CC2C)cc(C(=O)OCC(N)(CO)Cc2ccccc2)c1. The normalized spacial score (nSPS) is 18.9. The fraction of sp³-hybridized carbons (Fsp3) is 0.458. The van der Waals surface area contributed by atoms with Gasteiger partial charge in [-0.2, -0.15) is 0 Å². The highest BCUT2D eigenvalue weighted by Gasteiger charge is 2.33. The monoisotopic (exact) mass is 476 g/mol. The Kier molecular flexibility index (Phi) is 8.99. The average Bonchev–Trinajstić information content (AvgIpc) is 3.55. The molecule has 0 heterocycles. The van der Waals surface area contributed by atoms with Crippen molar-refractivity contribution in [1.82, 2.24) is 0 Å². The number of nitrogens with two attached hydrogens (primary N) is 1. The Labute approximate surface area is 199 Å². The van der Waals surface area contributed by atoms with Crippen molar-refractivity contribution in [2.45, 2.75) is 25.3 Å². The number of ether oxygens (including phenoxy) is 2. The largest absolute Gasteiger partial charge is 0.493 e. The van der Waals surface area contributed by atoms with Gasteiger partial charge in [0.05, 0.1) is 37.1 Å². The molecule has 8 nitrogen and oxygen atoms in total. The van der Waals surface area contributed by atoms with Crippen molar-refractivity contribution in [3.05, 3.63) is 59.7 Å². The number of aliphatic hydroxyl groups excluding tert-OH is 1. The van der Waals surface area contributed by atoms with Crippen LogP contribution in [0.5, 0.6) is 5.75 Å². The molecule has 9 heteroatoms. The molecule has 0 aromatic heterocycles. The highest BCUT2D eigenvalue weighted by Crippen LogP contribution is 2.38. The van der Waals surface area contributed by atoms with Crippen LogP contribution in [0.4, 0.5) is 5.69 Å². The molecule has 0 spiro atoms. The van der Waals surface area contributed by atoms with E-state index in [0.29, 0.717) is 41.9 Å². The molecule has 2 aromatic carbocycles. The number of carbonyl (C=O) groups is 1. The lowest BCUT2D eigenvalue weighted by molar-refractivity contribution is -0.160. The number of rotatable bonds is 13. The van der Waals surface area contributed by atoms with Crippen LogP contribution in [0.3, 0.4) is 0 Å². The molecule has 180 valence electrons. The second-order valence-electron chi connectivity index (χ2n) is 8.57. The first-order valence-electron chi connectivity index (χ1n) is 10.8. The van der Waals surface area contributed by atoms with Crippen molar-refractivity contribution < 1.29 is 28.6 Å². The third-order valence-electron chi connectivity index (χ3n) is 5.65. The summed E-state index contributed by atoms with van der Waals surface area (Å²) >= 11 is 0.969. The summed E-state index contributed by atoms with van der Waals surface area (Å²) in [6, 6.07) is 14.7. The second-order valence-corrected chi connectivity index (χ2v) is 9.40. The van der Waals surface area contributed by atoms with Gasteiger partial charge >= 0.3 is 5.97 Å². The van der Waals surface area contributed by atoms with Gasteiger partial charge in [0.25, 0.3) is 0 Å². The molecule has 33 heavy (non-hydrogen) atoms. The van der Waals surface area contributed by atoms with Gasteiger partial charge in [-0.15, -0.1) is 4.33 Å². The second kappa shape index (κ2) is 11.7. The molecular weight excluding hydrogens is 444 g/mol. The Morgan fingerprint density at radius 1 is 1.27 bits per heavy atom. The summed E-state index contributed by atoms with van der Waals surface area (Å²) in [7, 11) is 3.19. The van der Waals surface area contributed by atoms with E-state index in [9.17, 15) is 9.90 Å². The Morgan fingerprint density at radius 2 is 2.00 bits per heavy atom.